The van der Waals surface area contributed by atoms with E-state index >= 15 is 0 Å². The monoisotopic (exact) mass is 350 g/mol. The molecule has 0 saturated carbocycles. The fourth-order valence-electron chi connectivity index (χ4n) is 3.34. The molecule has 134 valence electrons. The topological polar surface area (TPSA) is 67.2 Å². The zero-order valence-electron chi connectivity index (χ0n) is 15.2. The van der Waals surface area contributed by atoms with E-state index in [9.17, 15) is 0 Å². The van der Waals surface area contributed by atoms with Crippen LogP contribution in [0.5, 0.6) is 5.75 Å². The van der Waals surface area contributed by atoms with Gasteiger partial charge >= 0.3 is 0 Å². The summed E-state index contributed by atoms with van der Waals surface area (Å²) in [6.45, 7) is 2.19. The van der Waals surface area contributed by atoms with Crippen molar-refractivity contribution in [1.29, 1.82) is 0 Å². The van der Waals surface area contributed by atoms with E-state index in [0.717, 1.165) is 52.1 Å². The number of aromatic nitrogens is 3. The molecule has 0 aliphatic carbocycles. The molecular formula is C20H22N4O2. The Hall–Kier alpha value is -3.02. The number of anilines is 1. The fraction of sp³-hybridized carbons (Fsp3) is 0.300. The second kappa shape index (κ2) is 6.71. The minimum absolute atomic E-state index is 0.298. The molecule has 1 aromatic carbocycles. The van der Waals surface area contributed by atoms with Crippen molar-refractivity contribution >= 4 is 27.8 Å². The van der Waals surface area contributed by atoms with Gasteiger partial charge in [-0.1, -0.05) is 6.07 Å². The summed E-state index contributed by atoms with van der Waals surface area (Å²) in [6.07, 6.45) is 5.20. The second-order valence-corrected chi connectivity index (χ2v) is 6.51. The second-order valence-electron chi connectivity index (χ2n) is 6.51. The van der Waals surface area contributed by atoms with Gasteiger partial charge in [0.2, 0.25) is 0 Å². The Labute approximate surface area is 151 Å². The van der Waals surface area contributed by atoms with Crippen molar-refractivity contribution in [2.45, 2.75) is 25.8 Å². The molecule has 0 bridgehead atoms. The standard InChI is InChI=1S/C20H22N4O2/c1-13(9-10-14-6-5-11-26-14)24(2)20-19-18(21-12-22-20)17-15(23-19)7-4-8-16(17)25-3/h4-8,11-13,23H,9-10H2,1-3H3. The van der Waals surface area contributed by atoms with Crippen LogP contribution in [0, 0.1) is 0 Å². The summed E-state index contributed by atoms with van der Waals surface area (Å²) in [7, 11) is 3.75. The first-order valence-electron chi connectivity index (χ1n) is 8.73. The van der Waals surface area contributed by atoms with Crippen molar-refractivity contribution < 1.29 is 9.15 Å². The number of fused-ring (bicyclic) bond motifs is 3. The number of nitrogens with one attached hydrogen (secondary N) is 1. The Balaban J connectivity index is 1.69. The number of rotatable bonds is 6. The van der Waals surface area contributed by atoms with Crippen LogP contribution < -0.4 is 9.64 Å². The molecule has 1 atom stereocenters. The average Bonchev–Trinajstić information content (AvgIpc) is 3.32. The molecule has 0 fully saturated rings. The maximum Gasteiger partial charge on any atom is 0.156 e. The smallest absolute Gasteiger partial charge is 0.156 e. The highest BCUT2D eigenvalue weighted by Gasteiger charge is 2.19. The molecule has 0 aliphatic heterocycles. The highest BCUT2D eigenvalue weighted by molar-refractivity contribution is 6.11. The van der Waals surface area contributed by atoms with E-state index < -0.39 is 0 Å². The zero-order valence-corrected chi connectivity index (χ0v) is 15.2. The number of nitrogens with zero attached hydrogens (tertiary/aromatic N) is 3. The van der Waals surface area contributed by atoms with Gasteiger partial charge in [0.1, 0.15) is 28.9 Å². The fourth-order valence-corrected chi connectivity index (χ4v) is 3.34. The summed E-state index contributed by atoms with van der Waals surface area (Å²) in [6, 6.07) is 10.2. The van der Waals surface area contributed by atoms with Crippen molar-refractivity contribution in [1.82, 2.24) is 15.0 Å². The van der Waals surface area contributed by atoms with E-state index in [-0.39, 0.29) is 0 Å². The molecule has 4 rings (SSSR count). The van der Waals surface area contributed by atoms with Crippen LogP contribution >= 0.6 is 0 Å². The first-order chi connectivity index (χ1) is 12.7. The summed E-state index contributed by atoms with van der Waals surface area (Å²) in [5.74, 6) is 2.71. The van der Waals surface area contributed by atoms with Gasteiger partial charge in [0, 0.05) is 19.5 Å². The van der Waals surface area contributed by atoms with E-state index in [2.05, 4.69) is 33.8 Å². The molecule has 1 N–H and O–H groups in total. The summed E-state index contributed by atoms with van der Waals surface area (Å²) in [4.78, 5) is 14.7. The van der Waals surface area contributed by atoms with Crippen LogP contribution in [-0.2, 0) is 6.42 Å². The van der Waals surface area contributed by atoms with E-state index in [1.165, 1.54) is 0 Å². The van der Waals surface area contributed by atoms with E-state index in [1.54, 1.807) is 19.7 Å². The molecular weight excluding hydrogens is 328 g/mol. The molecule has 0 radical (unpaired) electrons. The van der Waals surface area contributed by atoms with Crippen LogP contribution in [-0.4, -0.2) is 35.2 Å². The van der Waals surface area contributed by atoms with Crippen molar-refractivity contribution in [3.8, 4) is 5.75 Å². The van der Waals surface area contributed by atoms with Crippen molar-refractivity contribution in [2.75, 3.05) is 19.1 Å². The number of ether oxygens (including phenoxy) is 1. The Kier molecular flexibility index (Phi) is 4.24. The Morgan fingerprint density at radius 2 is 2.12 bits per heavy atom. The first kappa shape index (κ1) is 16.4. The summed E-state index contributed by atoms with van der Waals surface area (Å²) >= 11 is 0. The number of aromatic amines is 1. The lowest BCUT2D eigenvalue weighted by Gasteiger charge is -2.26. The van der Waals surface area contributed by atoms with E-state index in [1.807, 2.05) is 30.3 Å². The predicted octanol–water partition coefficient (Wildman–Crippen LogP) is 4.17. The van der Waals surface area contributed by atoms with Gasteiger partial charge in [-0.25, -0.2) is 9.97 Å². The molecule has 0 spiro atoms. The molecule has 6 heteroatoms. The molecule has 26 heavy (non-hydrogen) atoms. The minimum atomic E-state index is 0.298. The highest BCUT2D eigenvalue weighted by Crippen LogP contribution is 2.35. The lowest BCUT2D eigenvalue weighted by Crippen LogP contribution is -2.30. The molecule has 0 aliphatic rings. The van der Waals surface area contributed by atoms with Gasteiger partial charge in [-0.3, -0.25) is 0 Å². The van der Waals surface area contributed by atoms with E-state index in [0.29, 0.717) is 6.04 Å². The molecule has 3 heterocycles. The van der Waals surface area contributed by atoms with Crippen molar-refractivity contribution in [3.05, 3.63) is 48.7 Å². The maximum atomic E-state index is 5.52. The molecule has 0 saturated heterocycles. The van der Waals surface area contributed by atoms with Crippen molar-refractivity contribution in [3.63, 3.8) is 0 Å². The largest absolute Gasteiger partial charge is 0.496 e. The van der Waals surface area contributed by atoms with Gasteiger partial charge in [0.05, 0.1) is 24.3 Å². The quantitative estimate of drug-likeness (QED) is 0.565. The minimum Gasteiger partial charge on any atom is -0.496 e. The molecule has 4 aromatic rings. The molecule has 6 nitrogen and oxygen atoms in total. The van der Waals surface area contributed by atoms with Crippen LogP contribution in [0.1, 0.15) is 19.1 Å². The number of H-pyrrole nitrogens is 1. The third-order valence-electron chi connectivity index (χ3n) is 4.95. The van der Waals surface area contributed by atoms with Crippen LogP contribution in [0.3, 0.4) is 0 Å². The van der Waals surface area contributed by atoms with Crippen LogP contribution in [0.4, 0.5) is 5.82 Å². The van der Waals surface area contributed by atoms with Gasteiger partial charge in [-0.2, -0.15) is 0 Å². The molecule has 0 amide bonds. The zero-order chi connectivity index (χ0) is 18.1. The van der Waals surface area contributed by atoms with Crippen molar-refractivity contribution in [2.24, 2.45) is 0 Å². The Morgan fingerprint density at radius 3 is 2.88 bits per heavy atom. The number of benzene rings is 1. The summed E-state index contributed by atoms with van der Waals surface area (Å²) < 4.78 is 11.0. The normalized spacial score (nSPS) is 12.6. The van der Waals surface area contributed by atoms with Crippen LogP contribution in [0.25, 0.3) is 21.9 Å². The number of aryl methyl sites for hydroxylation is 1. The lowest BCUT2D eigenvalue weighted by molar-refractivity contribution is 0.420. The van der Waals surface area contributed by atoms with Gasteiger partial charge in [-0.15, -0.1) is 0 Å². The van der Waals surface area contributed by atoms with Gasteiger partial charge in [0.25, 0.3) is 0 Å². The number of hydrogen-bond acceptors (Lipinski definition) is 5. The van der Waals surface area contributed by atoms with E-state index in [4.69, 9.17) is 9.15 Å². The third kappa shape index (κ3) is 2.77. The first-order valence-corrected chi connectivity index (χ1v) is 8.73. The lowest BCUT2D eigenvalue weighted by atomic mass is 10.1. The predicted molar refractivity (Wildman–Crippen MR) is 103 cm³/mol. The SMILES string of the molecule is COc1cccc2[nH]c3c(N(C)C(C)CCc4ccco4)ncnc3c12. The van der Waals surface area contributed by atoms with Crippen LogP contribution in [0.15, 0.2) is 47.3 Å². The van der Waals surface area contributed by atoms with Gasteiger partial charge < -0.3 is 19.0 Å². The van der Waals surface area contributed by atoms with Crippen LogP contribution in [0.2, 0.25) is 0 Å². The summed E-state index contributed by atoms with van der Waals surface area (Å²) in [5.41, 5.74) is 2.81. The number of furan rings is 1. The highest BCUT2D eigenvalue weighted by atomic mass is 16.5. The summed E-state index contributed by atoms with van der Waals surface area (Å²) in [5, 5.41) is 0.991. The van der Waals surface area contributed by atoms with Gasteiger partial charge in [0.15, 0.2) is 5.82 Å². The maximum absolute atomic E-state index is 5.52. The number of methoxy groups -OCH3 is 1. The van der Waals surface area contributed by atoms with Gasteiger partial charge in [-0.05, 0) is 37.6 Å². The third-order valence-corrected chi connectivity index (χ3v) is 4.95. The average molecular weight is 350 g/mol. The Bertz CT molecular complexity index is 1020. The molecule has 1 unspecified atom stereocenters. The number of hydrogen-bond donors (Lipinski definition) is 1. The molecule has 3 aromatic heterocycles. The Morgan fingerprint density at radius 1 is 1.23 bits per heavy atom.